The molecule has 0 saturated carbocycles. The Morgan fingerprint density at radius 3 is 1.80 bits per heavy atom. The van der Waals surface area contributed by atoms with Crippen molar-refractivity contribution in [1.29, 1.82) is 5.26 Å². The summed E-state index contributed by atoms with van der Waals surface area (Å²) in [7, 11) is 0. The van der Waals surface area contributed by atoms with E-state index in [1.54, 1.807) is 12.1 Å². The highest BCUT2D eigenvalue weighted by atomic mass is 19.1. The smallest absolute Gasteiger partial charge is 0.328 e. The molecule has 1 aliphatic heterocycles. The number of piperidine rings is 1. The molecular formula is C32H32F2N2O5. The number of nitriles is 1. The van der Waals surface area contributed by atoms with Gasteiger partial charge in [0, 0.05) is 24.6 Å². The van der Waals surface area contributed by atoms with Crippen molar-refractivity contribution in [2.45, 2.75) is 25.2 Å². The van der Waals surface area contributed by atoms with E-state index >= 15 is 0 Å². The molecule has 0 spiro atoms. The Kier molecular flexibility index (Phi) is 12.0. The Bertz CT molecular complexity index is 1270. The maximum Gasteiger partial charge on any atom is 0.328 e. The third-order valence-electron chi connectivity index (χ3n) is 6.80. The molecule has 0 aliphatic carbocycles. The predicted molar refractivity (Wildman–Crippen MR) is 149 cm³/mol. The van der Waals surface area contributed by atoms with Gasteiger partial charge in [0.15, 0.2) is 0 Å². The fourth-order valence-corrected chi connectivity index (χ4v) is 4.83. The normalized spacial score (nSPS) is 13.8. The lowest BCUT2D eigenvalue weighted by atomic mass is 9.76. The van der Waals surface area contributed by atoms with Crippen molar-refractivity contribution < 1.29 is 33.3 Å². The molecule has 0 radical (unpaired) electrons. The van der Waals surface area contributed by atoms with Crippen molar-refractivity contribution in [3.8, 4) is 11.8 Å². The number of ether oxygens (including phenoxy) is 1. The minimum Gasteiger partial charge on any atom is -0.494 e. The Labute approximate surface area is 237 Å². The van der Waals surface area contributed by atoms with Crippen LogP contribution in [0.4, 0.5) is 8.78 Å². The first kappa shape index (κ1) is 31.0. The molecule has 41 heavy (non-hydrogen) atoms. The molecule has 3 aromatic carbocycles. The van der Waals surface area contributed by atoms with Gasteiger partial charge in [0.1, 0.15) is 17.4 Å². The van der Waals surface area contributed by atoms with Crippen LogP contribution in [0, 0.1) is 28.9 Å². The number of aliphatic carboxylic acids is 2. The quantitative estimate of drug-likeness (QED) is 0.235. The second kappa shape index (κ2) is 15.9. The lowest BCUT2D eigenvalue weighted by molar-refractivity contribution is -0.134. The van der Waals surface area contributed by atoms with E-state index in [-0.39, 0.29) is 17.6 Å². The third kappa shape index (κ3) is 10.5. The Morgan fingerprint density at radius 2 is 1.37 bits per heavy atom. The summed E-state index contributed by atoms with van der Waals surface area (Å²) < 4.78 is 32.8. The maximum absolute atomic E-state index is 13.5. The molecule has 0 amide bonds. The molecule has 1 aliphatic rings. The van der Waals surface area contributed by atoms with Crippen LogP contribution in [0.5, 0.6) is 5.75 Å². The molecule has 0 unspecified atom stereocenters. The van der Waals surface area contributed by atoms with Crippen LogP contribution >= 0.6 is 0 Å². The van der Waals surface area contributed by atoms with Crippen molar-refractivity contribution in [2.24, 2.45) is 5.92 Å². The van der Waals surface area contributed by atoms with Crippen LogP contribution in [-0.2, 0) is 9.59 Å². The fraction of sp³-hybridized carbons (Fsp3) is 0.281. The van der Waals surface area contributed by atoms with E-state index in [0.29, 0.717) is 30.2 Å². The summed E-state index contributed by atoms with van der Waals surface area (Å²) in [5.41, 5.74) is 2.79. The number of hydrogen-bond donors (Lipinski definition) is 2. The molecule has 0 atom stereocenters. The highest BCUT2D eigenvalue weighted by Gasteiger charge is 2.29. The van der Waals surface area contributed by atoms with Crippen LogP contribution in [0.3, 0.4) is 0 Å². The third-order valence-corrected chi connectivity index (χ3v) is 6.80. The standard InChI is InChI=1S/C28H28F2N2O.C4H4O4/c29-25-8-4-22(5-9-25)28(23-6-10-26(30)11-7-23)24-14-17-32(18-15-24)16-1-19-33-27-12-2-21(20-31)3-13-27;5-3(6)1-2-4(7)8/h2-13,24,28H,1,14-19H2;1-2H,(H,5,6)(H,7,8). The van der Waals surface area contributed by atoms with Gasteiger partial charge in [-0.1, -0.05) is 24.3 Å². The minimum absolute atomic E-state index is 0.132. The SMILES string of the molecule is N#Cc1ccc(OCCCN2CCC(C(c3ccc(F)cc3)c3ccc(F)cc3)CC2)cc1.O=C(O)C=CC(=O)O. The molecule has 3 aromatic rings. The molecule has 4 rings (SSSR count). The van der Waals surface area contributed by atoms with Crippen LogP contribution in [0.1, 0.15) is 41.9 Å². The lowest BCUT2D eigenvalue weighted by Gasteiger charge is -2.36. The van der Waals surface area contributed by atoms with Crippen molar-refractivity contribution in [2.75, 3.05) is 26.2 Å². The fourth-order valence-electron chi connectivity index (χ4n) is 4.83. The second-order valence-electron chi connectivity index (χ2n) is 9.61. The second-order valence-corrected chi connectivity index (χ2v) is 9.61. The van der Waals surface area contributed by atoms with Crippen molar-refractivity contribution in [3.05, 3.63) is 113 Å². The van der Waals surface area contributed by atoms with Gasteiger partial charge < -0.3 is 19.8 Å². The van der Waals surface area contributed by atoms with Crippen LogP contribution in [0.2, 0.25) is 0 Å². The zero-order chi connectivity index (χ0) is 29.6. The van der Waals surface area contributed by atoms with Gasteiger partial charge in [0.05, 0.1) is 18.2 Å². The predicted octanol–water partition coefficient (Wildman–Crippen LogP) is 5.86. The van der Waals surface area contributed by atoms with Crippen LogP contribution in [0.15, 0.2) is 84.9 Å². The van der Waals surface area contributed by atoms with E-state index < -0.39 is 11.9 Å². The number of likely N-dealkylation sites (tertiary alicyclic amines) is 1. The maximum atomic E-state index is 13.5. The molecule has 214 valence electrons. The van der Waals surface area contributed by atoms with E-state index in [1.165, 1.54) is 24.3 Å². The van der Waals surface area contributed by atoms with E-state index in [2.05, 4.69) is 11.0 Å². The average Bonchev–Trinajstić information content (AvgIpc) is 2.98. The topological polar surface area (TPSA) is 111 Å². The monoisotopic (exact) mass is 562 g/mol. The van der Waals surface area contributed by atoms with Gasteiger partial charge in [-0.05, 0) is 97.9 Å². The average molecular weight is 563 g/mol. The number of nitrogens with zero attached hydrogens (tertiary/aromatic N) is 2. The number of carboxylic acids is 2. The number of halogens is 2. The van der Waals surface area contributed by atoms with Gasteiger partial charge in [0.2, 0.25) is 0 Å². The lowest BCUT2D eigenvalue weighted by Crippen LogP contribution is -2.36. The number of hydrogen-bond acceptors (Lipinski definition) is 5. The van der Waals surface area contributed by atoms with E-state index in [4.69, 9.17) is 20.2 Å². The first-order valence-electron chi connectivity index (χ1n) is 13.3. The summed E-state index contributed by atoms with van der Waals surface area (Å²) in [6.07, 6.45) is 4.13. The summed E-state index contributed by atoms with van der Waals surface area (Å²) in [6.45, 7) is 3.61. The van der Waals surface area contributed by atoms with E-state index in [0.717, 1.165) is 55.8 Å². The van der Waals surface area contributed by atoms with Crippen LogP contribution in [-0.4, -0.2) is 53.3 Å². The van der Waals surface area contributed by atoms with Crippen LogP contribution < -0.4 is 4.74 Å². The van der Waals surface area contributed by atoms with E-state index in [9.17, 15) is 18.4 Å². The minimum atomic E-state index is -1.26. The Morgan fingerprint density at radius 1 is 0.878 bits per heavy atom. The van der Waals surface area contributed by atoms with Gasteiger partial charge in [0.25, 0.3) is 0 Å². The number of carbonyl (C=O) groups is 2. The zero-order valence-electron chi connectivity index (χ0n) is 22.5. The number of rotatable bonds is 10. The van der Waals surface area contributed by atoms with Crippen molar-refractivity contribution in [3.63, 3.8) is 0 Å². The summed E-state index contributed by atoms with van der Waals surface area (Å²) in [4.78, 5) is 21.6. The Hall–Kier alpha value is -4.55. The molecular weight excluding hydrogens is 530 g/mol. The molecule has 0 aromatic heterocycles. The van der Waals surface area contributed by atoms with Gasteiger partial charge in [-0.2, -0.15) is 5.26 Å². The first-order valence-corrected chi connectivity index (χ1v) is 13.3. The van der Waals surface area contributed by atoms with Gasteiger partial charge in [-0.25, -0.2) is 18.4 Å². The molecule has 7 nitrogen and oxygen atoms in total. The summed E-state index contributed by atoms with van der Waals surface area (Å²) in [6, 6.07) is 22.8. The molecule has 9 heteroatoms. The number of benzene rings is 3. The number of carboxylic acid groups (broad SMARTS) is 2. The highest BCUT2D eigenvalue weighted by molar-refractivity contribution is 5.89. The summed E-state index contributed by atoms with van der Waals surface area (Å²) in [5, 5.41) is 24.5. The summed E-state index contributed by atoms with van der Waals surface area (Å²) >= 11 is 0. The van der Waals surface area contributed by atoms with Crippen molar-refractivity contribution in [1.82, 2.24) is 4.90 Å². The Balaban J connectivity index is 0.000000507. The molecule has 0 bridgehead atoms. The van der Waals surface area contributed by atoms with Crippen LogP contribution in [0.25, 0.3) is 0 Å². The van der Waals surface area contributed by atoms with E-state index in [1.807, 2.05) is 36.4 Å². The molecule has 2 N–H and O–H groups in total. The van der Waals surface area contributed by atoms with Gasteiger partial charge >= 0.3 is 11.9 Å². The molecule has 1 fully saturated rings. The zero-order valence-corrected chi connectivity index (χ0v) is 22.5. The first-order chi connectivity index (χ1) is 19.7. The molecule has 1 saturated heterocycles. The molecule has 1 heterocycles. The van der Waals surface area contributed by atoms with Crippen molar-refractivity contribution >= 4 is 11.9 Å². The summed E-state index contributed by atoms with van der Waals surface area (Å²) in [5.74, 6) is -1.65. The van der Waals surface area contributed by atoms with Gasteiger partial charge in [-0.3, -0.25) is 0 Å². The largest absolute Gasteiger partial charge is 0.494 e. The van der Waals surface area contributed by atoms with Gasteiger partial charge in [-0.15, -0.1) is 0 Å². The highest BCUT2D eigenvalue weighted by Crippen LogP contribution is 2.38.